The van der Waals surface area contributed by atoms with Crippen molar-refractivity contribution in [2.45, 2.75) is 19.8 Å². The molecule has 86 valence electrons. The normalized spacial score (nSPS) is 10.8. The van der Waals surface area contributed by atoms with Gasteiger partial charge in [-0.25, -0.2) is 0 Å². The van der Waals surface area contributed by atoms with E-state index in [0.717, 1.165) is 40.8 Å². The van der Waals surface area contributed by atoms with E-state index in [2.05, 4.69) is 32.0 Å². The summed E-state index contributed by atoms with van der Waals surface area (Å²) in [6.45, 7) is 4.18. The van der Waals surface area contributed by atoms with Gasteiger partial charge in [-0.1, -0.05) is 22.7 Å². The van der Waals surface area contributed by atoms with Crippen LogP contribution in [-0.2, 0) is 6.42 Å². The first-order chi connectivity index (χ1) is 7.90. The molecule has 0 saturated heterocycles. The molecule has 0 aromatic carbocycles. The smallest absolute Gasteiger partial charge is 0.161 e. The summed E-state index contributed by atoms with van der Waals surface area (Å²) in [4.78, 5) is 0.991. The van der Waals surface area contributed by atoms with E-state index in [0.29, 0.717) is 0 Å². The Morgan fingerprint density at radius 1 is 1.31 bits per heavy atom. The van der Waals surface area contributed by atoms with E-state index in [4.69, 9.17) is 0 Å². The van der Waals surface area contributed by atoms with Crippen LogP contribution in [0.2, 0.25) is 0 Å². The number of hydrogen-bond acceptors (Lipinski definition) is 7. The van der Waals surface area contributed by atoms with E-state index >= 15 is 0 Å². The van der Waals surface area contributed by atoms with Gasteiger partial charge in [-0.2, -0.15) is 0 Å². The van der Waals surface area contributed by atoms with Crippen LogP contribution in [0.15, 0.2) is 6.20 Å². The Hall–Kier alpha value is -0.920. The van der Waals surface area contributed by atoms with Gasteiger partial charge >= 0.3 is 0 Å². The van der Waals surface area contributed by atoms with Crippen molar-refractivity contribution in [2.75, 3.05) is 13.1 Å². The van der Waals surface area contributed by atoms with Gasteiger partial charge in [0, 0.05) is 13.0 Å². The van der Waals surface area contributed by atoms with Crippen molar-refractivity contribution in [1.82, 2.24) is 25.1 Å². The van der Waals surface area contributed by atoms with Crippen LogP contribution in [0.25, 0.3) is 9.88 Å². The summed E-state index contributed by atoms with van der Waals surface area (Å²) >= 11 is 2.97. The van der Waals surface area contributed by atoms with Gasteiger partial charge in [-0.3, -0.25) is 0 Å². The lowest BCUT2D eigenvalue weighted by molar-refractivity contribution is 0.668. The molecule has 0 radical (unpaired) electrons. The van der Waals surface area contributed by atoms with Crippen molar-refractivity contribution in [3.63, 3.8) is 0 Å². The molecule has 2 aromatic rings. The zero-order chi connectivity index (χ0) is 11.2. The largest absolute Gasteiger partial charge is 0.316 e. The first-order valence-corrected chi connectivity index (χ1v) is 6.80. The van der Waals surface area contributed by atoms with Gasteiger partial charge in [0.25, 0.3) is 0 Å². The van der Waals surface area contributed by atoms with Crippen molar-refractivity contribution >= 4 is 22.9 Å². The highest BCUT2D eigenvalue weighted by Gasteiger charge is 2.08. The predicted molar refractivity (Wildman–Crippen MR) is 65.7 cm³/mol. The molecule has 0 aliphatic heterocycles. The standard InChI is InChI=1S/C9H13N5S2/c1-2-4-10-5-3-8-12-13-9(15-8)7-6-11-14-16-7/h6,10H,2-5H2,1H3. The number of hydrogen-bond donors (Lipinski definition) is 1. The summed E-state index contributed by atoms with van der Waals surface area (Å²) in [6.07, 6.45) is 3.82. The van der Waals surface area contributed by atoms with Crippen molar-refractivity contribution < 1.29 is 0 Å². The molecule has 2 aromatic heterocycles. The summed E-state index contributed by atoms with van der Waals surface area (Å²) in [5.41, 5.74) is 0. The lowest BCUT2D eigenvalue weighted by atomic mass is 10.4. The minimum atomic E-state index is 0.917. The molecule has 0 aliphatic rings. The molecule has 0 saturated carbocycles. The Kier molecular flexibility index (Phi) is 4.32. The van der Waals surface area contributed by atoms with Gasteiger partial charge < -0.3 is 5.32 Å². The quantitative estimate of drug-likeness (QED) is 0.794. The molecule has 0 unspecified atom stereocenters. The molecule has 0 spiro atoms. The summed E-state index contributed by atoms with van der Waals surface area (Å²) in [7, 11) is 0. The molecule has 0 fully saturated rings. The first kappa shape index (κ1) is 11.6. The molecule has 16 heavy (non-hydrogen) atoms. The Morgan fingerprint density at radius 3 is 3.00 bits per heavy atom. The van der Waals surface area contributed by atoms with Crippen molar-refractivity contribution in [3.8, 4) is 9.88 Å². The first-order valence-electron chi connectivity index (χ1n) is 5.21. The van der Waals surface area contributed by atoms with Crippen LogP contribution in [0.3, 0.4) is 0 Å². The van der Waals surface area contributed by atoms with Crippen LogP contribution in [-0.4, -0.2) is 32.9 Å². The molecule has 1 N–H and O–H groups in total. The molecule has 0 atom stereocenters. The van der Waals surface area contributed by atoms with Gasteiger partial charge in [0.2, 0.25) is 0 Å². The van der Waals surface area contributed by atoms with E-state index in [1.165, 1.54) is 11.5 Å². The fourth-order valence-corrected chi connectivity index (χ4v) is 2.59. The lowest BCUT2D eigenvalue weighted by Crippen LogP contribution is -2.17. The number of rotatable bonds is 6. The highest BCUT2D eigenvalue weighted by atomic mass is 32.1. The molecule has 7 heteroatoms. The summed E-state index contributed by atoms with van der Waals surface area (Å²) < 4.78 is 3.81. The minimum Gasteiger partial charge on any atom is -0.316 e. The third-order valence-electron chi connectivity index (χ3n) is 1.98. The molecule has 2 rings (SSSR count). The summed E-state index contributed by atoms with van der Waals surface area (Å²) in [5, 5.41) is 17.4. The van der Waals surface area contributed by atoms with Gasteiger partial charge in [0.15, 0.2) is 5.01 Å². The predicted octanol–water partition coefficient (Wildman–Crippen LogP) is 1.60. The van der Waals surface area contributed by atoms with E-state index in [1.54, 1.807) is 17.5 Å². The highest BCUT2D eigenvalue weighted by Crippen LogP contribution is 2.25. The zero-order valence-electron chi connectivity index (χ0n) is 9.01. The maximum Gasteiger partial charge on any atom is 0.161 e. The SMILES string of the molecule is CCCNCCc1nnc(-c2cnns2)s1. The molecule has 0 bridgehead atoms. The second kappa shape index (κ2) is 5.97. The van der Waals surface area contributed by atoms with Crippen LogP contribution in [0.5, 0.6) is 0 Å². The van der Waals surface area contributed by atoms with E-state index in [1.807, 2.05) is 0 Å². The van der Waals surface area contributed by atoms with Gasteiger partial charge in [-0.05, 0) is 24.5 Å². The van der Waals surface area contributed by atoms with Gasteiger partial charge in [0.1, 0.15) is 9.88 Å². The molecular weight excluding hydrogens is 242 g/mol. The Labute approximate surface area is 102 Å². The van der Waals surface area contributed by atoms with Gasteiger partial charge in [0.05, 0.1) is 6.20 Å². The third-order valence-corrected chi connectivity index (χ3v) is 3.80. The maximum absolute atomic E-state index is 4.15. The van der Waals surface area contributed by atoms with Crippen molar-refractivity contribution in [2.24, 2.45) is 0 Å². The average Bonchev–Trinajstić information content (AvgIpc) is 2.94. The van der Waals surface area contributed by atoms with E-state index in [9.17, 15) is 0 Å². The molecule has 2 heterocycles. The molecule has 5 nitrogen and oxygen atoms in total. The monoisotopic (exact) mass is 255 g/mol. The third kappa shape index (κ3) is 3.03. The van der Waals surface area contributed by atoms with Crippen molar-refractivity contribution in [3.05, 3.63) is 11.2 Å². The van der Waals surface area contributed by atoms with Crippen LogP contribution in [0.1, 0.15) is 18.4 Å². The number of nitrogens with one attached hydrogen (secondary N) is 1. The van der Waals surface area contributed by atoms with Crippen LogP contribution in [0, 0.1) is 0 Å². The number of aromatic nitrogens is 4. The van der Waals surface area contributed by atoms with E-state index < -0.39 is 0 Å². The lowest BCUT2D eigenvalue weighted by Gasteiger charge is -1.98. The molecule has 0 aliphatic carbocycles. The fourth-order valence-electron chi connectivity index (χ4n) is 1.21. The number of nitrogens with zero attached hydrogens (tertiary/aromatic N) is 4. The summed E-state index contributed by atoms with van der Waals surface area (Å²) in [5.74, 6) is 0. The van der Waals surface area contributed by atoms with Crippen LogP contribution < -0.4 is 5.32 Å². The second-order valence-electron chi connectivity index (χ2n) is 3.28. The average molecular weight is 255 g/mol. The summed E-state index contributed by atoms with van der Waals surface area (Å²) in [6, 6.07) is 0. The molecular formula is C9H13N5S2. The zero-order valence-corrected chi connectivity index (χ0v) is 10.6. The van der Waals surface area contributed by atoms with Crippen LogP contribution >= 0.6 is 22.9 Å². The Morgan fingerprint density at radius 2 is 2.25 bits per heavy atom. The van der Waals surface area contributed by atoms with E-state index in [-0.39, 0.29) is 0 Å². The van der Waals surface area contributed by atoms with Gasteiger partial charge in [-0.15, -0.1) is 15.3 Å². The highest BCUT2D eigenvalue weighted by molar-refractivity contribution is 7.19. The topological polar surface area (TPSA) is 63.6 Å². The fraction of sp³-hybridized carbons (Fsp3) is 0.556. The van der Waals surface area contributed by atoms with Crippen LogP contribution in [0.4, 0.5) is 0 Å². The molecule has 0 amide bonds. The Bertz CT molecular complexity index is 411. The van der Waals surface area contributed by atoms with Crippen molar-refractivity contribution in [1.29, 1.82) is 0 Å². The minimum absolute atomic E-state index is 0.917. The maximum atomic E-state index is 4.15. The Balaban J connectivity index is 1.88. The second-order valence-corrected chi connectivity index (χ2v) is 5.13.